The molecule has 0 aliphatic rings. The average molecular weight is 1240 g/mol. The summed E-state index contributed by atoms with van der Waals surface area (Å²) < 4.78 is 0.907. The van der Waals surface area contributed by atoms with E-state index in [2.05, 4.69) is 197 Å². The molecule has 8 aromatic heterocycles. The number of hydrogen-bond donors (Lipinski definition) is 5. The number of anilines is 3. The second kappa shape index (κ2) is 45.1. The molecular weight excluding hydrogens is 1140 g/mol. The van der Waals surface area contributed by atoms with Crippen molar-refractivity contribution in [2.45, 2.75) is 184 Å². The van der Waals surface area contributed by atoms with Gasteiger partial charge in [0.05, 0.1) is 0 Å². The number of nitrogens with zero attached hydrogens (tertiary/aromatic N) is 11. The lowest BCUT2D eigenvalue weighted by molar-refractivity contribution is -0.615. The van der Waals surface area contributed by atoms with Gasteiger partial charge in [0, 0.05) is 98.3 Å². The van der Waals surface area contributed by atoms with Crippen LogP contribution in [0.2, 0.25) is 0 Å². The molecule has 0 atom stereocenters. The molecule has 0 spiro atoms. The van der Waals surface area contributed by atoms with E-state index >= 15 is 0 Å². The molecule has 474 valence electrons. The summed E-state index contributed by atoms with van der Waals surface area (Å²) in [6.45, 7) is 40.1. The van der Waals surface area contributed by atoms with E-state index in [-0.39, 0.29) is 0 Å². The molecule has 87 heavy (non-hydrogen) atoms. The van der Waals surface area contributed by atoms with Crippen LogP contribution in [0.4, 0.5) is 16.1 Å². The Morgan fingerprint density at radius 1 is 0.437 bits per heavy atom. The predicted octanol–water partition coefficient (Wildman–Crippen LogP) is 16.1. The number of nitrogens with one attached hydrogen (secondary N) is 1. The first-order valence-electron chi connectivity index (χ1n) is 29.8. The third-order valence-corrected chi connectivity index (χ3v) is 15.3. The van der Waals surface area contributed by atoms with E-state index in [1.165, 1.54) is 39.8 Å². The Kier molecular flexibility index (Phi) is 40.3. The van der Waals surface area contributed by atoms with Gasteiger partial charge in [0.1, 0.15) is 25.8 Å². The number of aromatic nitrogens is 11. The van der Waals surface area contributed by atoms with Crippen molar-refractivity contribution in [3.63, 3.8) is 0 Å². The molecule has 0 saturated heterocycles. The average Bonchev–Trinajstić information content (AvgIpc) is 4.43. The van der Waals surface area contributed by atoms with Crippen LogP contribution < -0.4 is 33.0 Å². The highest BCUT2D eigenvalue weighted by Crippen LogP contribution is 2.23. The first-order valence-corrected chi connectivity index (χ1v) is 32.3. The molecule has 0 bridgehead atoms. The van der Waals surface area contributed by atoms with E-state index < -0.39 is 0 Å². The highest BCUT2D eigenvalue weighted by atomic mass is 32.1. The molecule has 0 saturated carbocycles. The van der Waals surface area contributed by atoms with Crippen LogP contribution in [0, 0.1) is 5.21 Å². The first-order chi connectivity index (χ1) is 41.3. The zero-order valence-electron chi connectivity index (χ0n) is 55.0. The summed E-state index contributed by atoms with van der Waals surface area (Å²) in [6.07, 6.45) is 12.5. The maximum Gasteiger partial charge on any atom is 0.205 e. The fourth-order valence-electron chi connectivity index (χ4n) is 6.45. The van der Waals surface area contributed by atoms with Crippen molar-refractivity contribution in [2.24, 2.45) is 11.5 Å². The largest absolute Gasteiger partial charge is 0.618 e. The third-order valence-electron chi connectivity index (χ3n) is 11.8. The quantitative estimate of drug-likeness (QED) is 0.0530. The van der Waals surface area contributed by atoms with Crippen LogP contribution in [-0.2, 0) is 6.54 Å². The highest BCUT2D eigenvalue weighted by Gasteiger charge is 2.09. The van der Waals surface area contributed by atoms with Crippen LogP contribution in [0.5, 0.6) is 0 Å². The summed E-state index contributed by atoms with van der Waals surface area (Å²) in [5.41, 5.74) is 28.8. The van der Waals surface area contributed by atoms with E-state index in [9.17, 15) is 5.21 Å². The van der Waals surface area contributed by atoms with Gasteiger partial charge in [0.2, 0.25) is 10.3 Å². The standard InChI is InChI=1S/C9H12.C8H12N2.C8H11NO.3C8H11N.C7H14N4S.C6H11N3S.C5H9N3S/c1-8(2)9-6-4-3-5-7-9;1-6(2)7-3-4-8(9)10-5-7;1-7(2)8-5-3-4-6-9(8)10;1-7(2)8-3-5-9-6-4-8;1-7(2)8-4-3-5-9-6-8;1-7(2)8-5-3-4-6-9-8;1-5(2)6-10-11-7(12-6)9-4-3-8;1-4(2)6-9-8-5(3-7)10-6;1-3(2)4-7-8-5(6)9-4/h3-8H,1-2H3;3-6H,1-2H3,(H2,9,10);3-7H,1-2H3;3*3-7H,1-2H3;5H,3-4,8H2,1-2H3,(H,9,11);4H,3,7H2,1-2H3;3H,1-2H3,(H2,6,8). The van der Waals surface area contributed by atoms with Gasteiger partial charge in [-0.05, 0) is 88.2 Å². The van der Waals surface area contributed by atoms with Crippen molar-refractivity contribution in [1.82, 2.24) is 50.5 Å². The van der Waals surface area contributed by atoms with E-state index in [1.54, 1.807) is 34.9 Å². The van der Waals surface area contributed by atoms with Crippen molar-refractivity contribution in [2.75, 3.05) is 29.9 Å². The van der Waals surface area contributed by atoms with Crippen LogP contribution in [0.3, 0.4) is 0 Å². The van der Waals surface area contributed by atoms with Crippen molar-refractivity contribution >= 4 is 50.1 Å². The fourth-order valence-corrected chi connectivity index (χ4v) is 8.56. The molecule has 20 heteroatoms. The molecule has 0 radical (unpaired) electrons. The molecule has 0 aliphatic heterocycles. The van der Waals surface area contributed by atoms with E-state index in [4.69, 9.17) is 22.9 Å². The molecule has 0 unspecified atom stereocenters. The first kappa shape index (κ1) is 77.8. The van der Waals surface area contributed by atoms with Crippen LogP contribution in [0.25, 0.3) is 0 Å². The lowest BCUT2D eigenvalue weighted by atomic mass is 10.0. The SMILES string of the molecule is CC(C)c1ccc(N)nc1.CC(C)c1cccc[n+]1[O-].CC(C)c1ccccc1.CC(C)c1ccccn1.CC(C)c1cccnc1.CC(C)c1ccncc1.CC(C)c1nnc(CN)s1.CC(C)c1nnc(N)s1.CC(C)c1nnc(NCCN)s1. The summed E-state index contributed by atoms with van der Waals surface area (Å²) in [5.74, 6) is 5.22. The minimum Gasteiger partial charge on any atom is -0.618 e. The van der Waals surface area contributed by atoms with Crippen molar-refractivity contribution < 1.29 is 4.73 Å². The number of pyridine rings is 5. The van der Waals surface area contributed by atoms with Gasteiger partial charge in [-0.1, -0.05) is 213 Å². The second-order valence-electron chi connectivity index (χ2n) is 22.5. The summed E-state index contributed by atoms with van der Waals surface area (Å²) >= 11 is 4.64. The maximum absolute atomic E-state index is 11.0. The molecule has 0 aliphatic carbocycles. The molecule has 9 N–H and O–H groups in total. The Labute approximate surface area is 533 Å². The Balaban J connectivity index is 0.000000490. The maximum atomic E-state index is 11.0. The molecule has 0 amide bonds. The molecule has 0 fully saturated rings. The number of hydrogen-bond acceptors (Lipinski definition) is 19. The molecule has 9 rings (SSSR count). The number of nitrogen functional groups attached to an aromatic ring is 2. The molecular formula is C67H102N16OS3. The highest BCUT2D eigenvalue weighted by molar-refractivity contribution is 7.15. The van der Waals surface area contributed by atoms with Crippen LogP contribution in [-0.4, -0.2) is 63.6 Å². The fraction of sp³-hybridized carbons (Fsp3) is 0.448. The van der Waals surface area contributed by atoms with Gasteiger partial charge in [0.25, 0.3) is 0 Å². The Morgan fingerprint density at radius 2 is 0.966 bits per heavy atom. The van der Waals surface area contributed by atoms with E-state index in [0.29, 0.717) is 77.3 Å². The predicted molar refractivity (Wildman–Crippen MR) is 370 cm³/mol. The summed E-state index contributed by atoms with van der Waals surface area (Å²) in [4.78, 5) is 16.1. The molecule has 8 heterocycles. The normalized spacial score (nSPS) is 10.4. The second-order valence-corrected chi connectivity index (χ2v) is 25.6. The molecule has 9 aromatic rings. The van der Waals surface area contributed by atoms with Gasteiger partial charge in [-0.15, -0.1) is 30.6 Å². The van der Waals surface area contributed by atoms with Gasteiger partial charge in [-0.2, -0.15) is 4.73 Å². The number of nitrogens with two attached hydrogens (primary N) is 4. The zero-order chi connectivity index (χ0) is 65.3. The minimum absolute atomic E-state index is 0.304. The lowest BCUT2D eigenvalue weighted by Gasteiger charge is -2.04. The van der Waals surface area contributed by atoms with Crippen molar-refractivity contribution in [3.05, 3.63) is 205 Å². The Morgan fingerprint density at radius 3 is 1.32 bits per heavy atom. The molecule has 17 nitrogen and oxygen atoms in total. The monoisotopic (exact) mass is 1240 g/mol. The van der Waals surface area contributed by atoms with Crippen molar-refractivity contribution in [3.8, 4) is 0 Å². The summed E-state index contributed by atoms with van der Waals surface area (Å²) in [6, 6.07) is 34.0. The third kappa shape index (κ3) is 35.2. The Bertz CT molecular complexity index is 2870. The number of rotatable bonds is 13. The van der Waals surface area contributed by atoms with Crippen LogP contribution in [0.1, 0.15) is 232 Å². The van der Waals surface area contributed by atoms with Gasteiger partial charge >= 0.3 is 0 Å². The Hall–Kier alpha value is -7.23. The van der Waals surface area contributed by atoms with E-state index in [1.807, 2.05) is 112 Å². The van der Waals surface area contributed by atoms with Gasteiger partial charge in [0.15, 0.2) is 11.9 Å². The van der Waals surface area contributed by atoms with Crippen molar-refractivity contribution in [1.29, 1.82) is 0 Å². The van der Waals surface area contributed by atoms with Crippen LogP contribution >= 0.6 is 34.0 Å². The van der Waals surface area contributed by atoms with E-state index in [0.717, 1.165) is 47.8 Å². The topological polar surface area (TPSA) is 272 Å². The smallest absolute Gasteiger partial charge is 0.205 e. The van der Waals surface area contributed by atoms with Gasteiger partial charge < -0.3 is 33.5 Å². The van der Waals surface area contributed by atoms with Crippen LogP contribution in [0.15, 0.2) is 147 Å². The summed E-state index contributed by atoms with van der Waals surface area (Å²) in [5, 5.41) is 43.0. The summed E-state index contributed by atoms with van der Waals surface area (Å²) in [7, 11) is 0. The minimum atomic E-state index is 0.304. The lowest BCUT2D eigenvalue weighted by Crippen LogP contribution is -2.31. The zero-order valence-corrected chi connectivity index (χ0v) is 57.5. The number of benzene rings is 1. The van der Waals surface area contributed by atoms with Gasteiger partial charge in [-0.25, -0.2) is 4.98 Å². The van der Waals surface area contributed by atoms with Gasteiger partial charge in [-0.3, -0.25) is 15.0 Å². The molecule has 1 aromatic carbocycles.